The highest BCUT2D eigenvalue weighted by molar-refractivity contribution is 6.14. The predicted molar refractivity (Wildman–Crippen MR) is 121 cm³/mol. The molecule has 0 fully saturated rings. The molecule has 0 saturated heterocycles. The van der Waals surface area contributed by atoms with Crippen LogP contribution in [0.4, 0.5) is 0 Å². The molecule has 0 bridgehead atoms. The number of Topliss-reactive ketones (excluding diaryl/α,β-unsaturated/α-hetero) is 1. The number of hydrogen-bond donors (Lipinski definition) is 1. The number of ketones is 1. The van der Waals surface area contributed by atoms with Gasteiger partial charge in [-0.1, -0.05) is 18.2 Å². The first-order chi connectivity index (χ1) is 16.1. The van der Waals surface area contributed by atoms with Crippen LogP contribution in [0.1, 0.15) is 21.6 Å². The summed E-state index contributed by atoms with van der Waals surface area (Å²) < 4.78 is 22.0. The summed E-state index contributed by atoms with van der Waals surface area (Å²) >= 11 is 0. The van der Waals surface area contributed by atoms with Crippen LogP contribution in [-0.2, 0) is 11.3 Å². The number of para-hydroxylation sites is 1. The van der Waals surface area contributed by atoms with Gasteiger partial charge in [-0.3, -0.25) is 14.6 Å². The molecule has 3 aromatic rings. The molecule has 1 N–H and O–H groups in total. The Morgan fingerprint density at radius 3 is 2.73 bits per heavy atom. The number of fused-ring (bicyclic) bond motifs is 1. The Hall–Kier alpha value is -4.33. The molecular weight excluding hydrogens is 424 g/mol. The Morgan fingerprint density at radius 1 is 1.09 bits per heavy atom. The number of nitrogens with zero attached hydrogens (tertiary/aromatic N) is 1. The second-order valence-corrected chi connectivity index (χ2v) is 7.07. The normalized spacial score (nSPS) is 13.3. The van der Waals surface area contributed by atoms with Gasteiger partial charge in [-0.15, -0.1) is 0 Å². The summed E-state index contributed by atoms with van der Waals surface area (Å²) in [5.41, 5.74) is 1.81. The van der Waals surface area contributed by atoms with Crippen LogP contribution in [0, 0.1) is 0 Å². The second-order valence-electron chi connectivity index (χ2n) is 7.07. The van der Waals surface area contributed by atoms with E-state index < -0.39 is 0 Å². The van der Waals surface area contributed by atoms with E-state index in [2.05, 4.69) is 10.3 Å². The number of pyridine rings is 1. The second kappa shape index (κ2) is 9.86. The fraction of sp³-hybridized carbons (Fsp3) is 0.160. The van der Waals surface area contributed by atoms with Crippen LogP contribution in [0.3, 0.4) is 0 Å². The quantitative estimate of drug-likeness (QED) is 0.530. The van der Waals surface area contributed by atoms with E-state index in [0.29, 0.717) is 40.7 Å². The fourth-order valence-corrected chi connectivity index (χ4v) is 3.32. The number of benzene rings is 2. The smallest absolute Gasteiger partial charge is 0.258 e. The van der Waals surface area contributed by atoms with Crippen molar-refractivity contribution in [3.8, 4) is 23.0 Å². The molecule has 1 aliphatic rings. The SMILES string of the molecule is COc1cccc(/C=C2\Oc3cc(OCC(=O)NCc4ccccn4)ccc3C2=O)c1OC. The summed E-state index contributed by atoms with van der Waals surface area (Å²) in [4.78, 5) is 29.0. The van der Waals surface area contributed by atoms with Crippen molar-refractivity contribution in [1.29, 1.82) is 0 Å². The van der Waals surface area contributed by atoms with Gasteiger partial charge in [0, 0.05) is 17.8 Å². The maximum atomic E-state index is 12.8. The third-order valence-corrected chi connectivity index (χ3v) is 4.92. The van der Waals surface area contributed by atoms with Gasteiger partial charge in [0.1, 0.15) is 11.5 Å². The van der Waals surface area contributed by atoms with Crippen molar-refractivity contribution in [2.75, 3.05) is 20.8 Å². The number of amides is 1. The summed E-state index contributed by atoms with van der Waals surface area (Å²) in [6, 6.07) is 15.7. The van der Waals surface area contributed by atoms with Gasteiger partial charge < -0.3 is 24.3 Å². The molecule has 0 aliphatic carbocycles. The zero-order valence-electron chi connectivity index (χ0n) is 18.2. The van der Waals surface area contributed by atoms with Gasteiger partial charge in [0.25, 0.3) is 5.91 Å². The Labute approximate surface area is 190 Å². The van der Waals surface area contributed by atoms with Crippen LogP contribution in [-0.4, -0.2) is 37.5 Å². The van der Waals surface area contributed by atoms with Crippen LogP contribution in [0.5, 0.6) is 23.0 Å². The number of carbonyl (C=O) groups excluding carboxylic acids is 2. The van der Waals surface area contributed by atoms with E-state index in [-0.39, 0.29) is 24.1 Å². The summed E-state index contributed by atoms with van der Waals surface area (Å²) in [5.74, 6) is 1.43. The molecule has 0 atom stereocenters. The van der Waals surface area contributed by atoms with Crippen molar-refractivity contribution in [2.45, 2.75) is 6.54 Å². The molecule has 0 saturated carbocycles. The number of allylic oxidation sites excluding steroid dienone is 1. The first-order valence-corrected chi connectivity index (χ1v) is 10.2. The van der Waals surface area contributed by atoms with E-state index in [0.717, 1.165) is 5.69 Å². The highest BCUT2D eigenvalue weighted by atomic mass is 16.5. The third kappa shape index (κ3) is 4.95. The van der Waals surface area contributed by atoms with Gasteiger partial charge in [-0.25, -0.2) is 0 Å². The van der Waals surface area contributed by atoms with Crippen LogP contribution in [0.25, 0.3) is 6.08 Å². The van der Waals surface area contributed by atoms with Crippen LogP contribution >= 0.6 is 0 Å². The number of rotatable bonds is 8. The average Bonchev–Trinajstić information content (AvgIpc) is 3.16. The van der Waals surface area contributed by atoms with Gasteiger partial charge in [0.15, 0.2) is 23.9 Å². The Kier molecular flexibility index (Phi) is 6.54. The first kappa shape index (κ1) is 21.9. The molecule has 1 aliphatic heterocycles. The topological polar surface area (TPSA) is 96.0 Å². The van der Waals surface area contributed by atoms with Crippen molar-refractivity contribution >= 4 is 17.8 Å². The van der Waals surface area contributed by atoms with Gasteiger partial charge >= 0.3 is 0 Å². The molecule has 1 aromatic heterocycles. The molecule has 0 spiro atoms. The summed E-state index contributed by atoms with van der Waals surface area (Å²) in [6.07, 6.45) is 3.27. The minimum Gasteiger partial charge on any atom is -0.493 e. The Balaban J connectivity index is 1.42. The number of ether oxygens (including phenoxy) is 4. The number of nitrogens with one attached hydrogen (secondary N) is 1. The zero-order chi connectivity index (χ0) is 23.2. The van der Waals surface area contributed by atoms with Gasteiger partial charge in [0.2, 0.25) is 5.78 Å². The average molecular weight is 446 g/mol. The molecule has 0 radical (unpaired) electrons. The Bertz CT molecular complexity index is 1210. The maximum Gasteiger partial charge on any atom is 0.258 e. The van der Waals surface area contributed by atoms with Crippen LogP contribution in [0.2, 0.25) is 0 Å². The molecule has 1 amide bonds. The number of hydrogen-bond acceptors (Lipinski definition) is 7. The van der Waals surface area contributed by atoms with Crippen molar-refractivity contribution < 1.29 is 28.5 Å². The van der Waals surface area contributed by atoms with Gasteiger partial charge in [-0.05, 0) is 36.4 Å². The predicted octanol–water partition coefficient (Wildman–Crippen LogP) is 3.41. The van der Waals surface area contributed by atoms with Crippen molar-refractivity contribution in [1.82, 2.24) is 10.3 Å². The monoisotopic (exact) mass is 446 g/mol. The first-order valence-electron chi connectivity index (χ1n) is 10.2. The lowest BCUT2D eigenvalue weighted by Crippen LogP contribution is -2.28. The molecule has 8 heteroatoms. The highest BCUT2D eigenvalue weighted by Gasteiger charge is 2.28. The van der Waals surface area contributed by atoms with E-state index in [1.165, 1.54) is 7.11 Å². The van der Waals surface area contributed by atoms with E-state index in [1.54, 1.807) is 55.8 Å². The van der Waals surface area contributed by atoms with E-state index in [1.807, 2.05) is 18.2 Å². The lowest BCUT2D eigenvalue weighted by Gasteiger charge is -2.10. The van der Waals surface area contributed by atoms with Crippen LogP contribution in [0.15, 0.2) is 66.6 Å². The lowest BCUT2D eigenvalue weighted by atomic mass is 10.1. The lowest BCUT2D eigenvalue weighted by molar-refractivity contribution is -0.123. The van der Waals surface area contributed by atoms with E-state index in [9.17, 15) is 9.59 Å². The summed E-state index contributed by atoms with van der Waals surface area (Å²) in [5, 5.41) is 2.74. The van der Waals surface area contributed by atoms with Gasteiger partial charge in [-0.2, -0.15) is 0 Å². The van der Waals surface area contributed by atoms with Crippen LogP contribution < -0.4 is 24.3 Å². The molecule has 168 valence electrons. The summed E-state index contributed by atoms with van der Waals surface area (Å²) in [7, 11) is 3.07. The van der Waals surface area contributed by atoms with Crippen molar-refractivity contribution in [2.24, 2.45) is 0 Å². The number of aromatic nitrogens is 1. The van der Waals surface area contributed by atoms with E-state index >= 15 is 0 Å². The maximum absolute atomic E-state index is 12.8. The Morgan fingerprint density at radius 2 is 1.97 bits per heavy atom. The van der Waals surface area contributed by atoms with Gasteiger partial charge in [0.05, 0.1) is 32.0 Å². The minimum atomic E-state index is -0.288. The third-order valence-electron chi connectivity index (χ3n) is 4.92. The molecule has 8 nitrogen and oxygen atoms in total. The summed E-state index contributed by atoms with van der Waals surface area (Å²) in [6.45, 7) is 0.135. The van der Waals surface area contributed by atoms with Crippen molar-refractivity contribution in [3.05, 3.63) is 83.4 Å². The zero-order valence-corrected chi connectivity index (χ0v) is 18.2. The minimum absolute atomic E-state index is 0.154. The molecule has 2 heterocycles. The largest absolute Gasteiger partial charge is 0.493 e. The molecule has 4 rings (SSSR count). The molecule has 33 heavy (non-hydrogen) atoms. The fourth-order valence-electron chi connectivity index (χ4n) is 3.32. The number of carbonyl (C=O) groups is 2. The van der Waals surface area contributed by atoms with Crippen molar-refractivity contribution in [3.63, 3.8) is 0 Å². The molecular formula is C25H22N2O6. The molecule has 0 unspecified atom stereocenters. The standard InChI is InChI=1S/C25H22N2O6/c1-30-20-8-5-6-16(25(20)31-2)12-22-24(29)19-10-9-18(13-21(19)33-22)32-15-23(28)27-14-17-7-3-4-11-26-17/h3-13H,14-15H2,1-2H3,(H,27,28)/b22-12-. The highest BCUT2D eigenvalue weighted by Crippen LogP contribution is 2.37. The number of methoxy groups -OCH3 is 2. The molecule has 2 aromatic carbocycles. The van der Waals surface area contributed by atoms with E-state index in [4.69, 9.17) is 18.9 Å².